The average molecular weight is 459 g/mol. The SMILES string of the molecule is Cc1cc(NC(=O)CS(=O)(=O)c2cn(CC(=O)N3CCCCCC3)c3ccccc23)no1. The lowest BCUT2D eigenvalue weighted by molar-refractivity contribution is -0.131. The third-order valence-electron chi connectivity index (χ3n) is 5.57. The summed E-state index contributed by atoms with van der Waals surface area (Å²) in [5.41, 5.74) is 0.641. The number of hydrogen-bond donors (Lipinski definition) is 1. The maximum absolute atomic E-state index is 13.1. The summed E-state index contributed by atoms with van der Waals surface area (Å²) in [4.78, 5) is 27.1. The number of rotatable bonds is 6. The lowest BCUT2D eigenvalue weighted by Crippen LogP contribution is -2.34. The number of nitrogens with zero attached hydrogens (tertiary/aromatic N) is 3. The number of sulfone groups is 1. The molecular weight excluding hydrogens is 432 g/mol. The molecule has 0 radical (unpaired) electrons. The van der Waals surface area contributed by atoms with Crippen LogP contribution in [0, 0.1) is 6.92 Å². The maximum Gasteiger partial charge on any atom is 0.242 e. The molecule has 4 rings (SSSR count). The van der Waals surface area contributed by atoms with Crippen molar-refractivity contribution in [3.63, 3.8) is 0 Å². The number of fused-ring (bicyclic) bond motifs is 1. The van der Waals surface area contributed by atoms with Gasteiger partial charge < -0.3 is 19.3 Å². The highest BCUT2D eigenvalue weighted by molar-refractivity contribution is 7.92. The zero-order valence-electron chi connectivity index (χ0n) is 17.9. The summed E-state index contributed by atoms with van der Waals surface area (Å²) in [6, 6.07) is 8.51. The van der Waals surface area contributed by atoms with Gasteiger partial charge >= 0.3 is 0 Å². The average Bonchev–Trinajstić information content (AvgIpc) is 3.20. The maximum atomic E-state index is 13.1. The molecule has 0 aliphatic carbocycles. The van der Waals surface area contributed by atoms with Crippen LogP contribution in [-0.4, -0.2) is 53.7 Å². The normalized spacial score (nSPS) is 15.0. The van der Waals surface area contributed by atoms with Gasteiger partial charge in [0, 0.05) is 36.3 Å². The van der Waals surface area contributed by atoms with Crippen LogP contribution in [0.2, 0.25) is 0 Å². The molecule has 1 aliphatic rings. The Kier molecular flexibility index (Phi) is 6.31. The number of nitrogens with one attached hydrogen (secondary N) is 1. The van der Waals surface area contributed by atoms with Crippen molar-refractivity contribution in [1.29, 1.82) is 0 Å². The van der Waals surface area contributed by atoms with Gasteiger partial charge in [0.25, 0.3) is 0 Å². The standard InChI is InChI=1S/C22H26N4O5S/c1-16-12-20(24-31-16)23-21(27)15-32(29,30)19-13-26(18-9-5-4-8-17(18)19)14-22(28)25-10-6-2-3-7-11-25/h4-5,8-9,12-13H,2-3,6-7,10-11,14-15H2,1H3,(H,23,24,27). The highest BCUT2D eigenvalue weighted by atomic mass is 32.2. The first-order valence-electron chi connectivity index (χ1n) is 10.6. The molecule has 32 heavy (non-hydrogen) atoms. The van der Waals surface area contributed by atoms with Gasteiger partial charge in [-0.15, -0.1) is 0 Å². The van der Waals surface area contributed by atoms with E-state index in [0.717, 1.165) is 38.8 Å². The van der Waals surface area contributed by atoms with Crippen molar-refractivity contribution < 1.29 is 22.5 Å². The molecule has 10 heteroatoms. The van der Waals surface area contributed by atoms with E-state index in [1.54, 1.807) is 35.8 Å². The summed E-state index contributed by atoms with van der Waals surface area (Å²) < 4.78 is 32.7. The van der Waals surface area contributed by atoms with Gasteiger partial charge in [-0.2, -0.15) is 0 Å². The number of carbonyl (C=O) groups is 2. The van der Waals surface area contributed by atoms with Crippen LogP contribution in [0.1, 0.15) is 31.4 Å². The fourth-order valence-corrected chi connectivity index (χ4v) is 5.38. The highest BCUT2D eigenvalue weighted by Crippen LogP contribution is 2.27. The van der Waals surface area contributed by atoms with Crippen molar-refractivity contribution in [2.45, 2.75) is 44.0 Å². The van der Waals surface area contributed by atoms with Crippen LogP contribution in [0.4, 0.5) is 5.82 Å². The Morgan fingerprint density at radius 2 is 1.84 bits per heavy atom. The first kappa shape index (κ1) is 22.1. The van der Waals surface area contributed by atoms with Crippen LogP contribution in [-0.2, 0) is 26.0 Å². The van der Waals surface area contributed by atoms with E-state index in [9.17, 15) is 18.0 Å². The summed E-state index contributed by atoms with van der Waals surface area (Å²) >= 11 is 0. The number of amides is 2. The molecule has 1 N–H and O–H groups in total. The molecule has 1 fully saturated rings. The van der Waals surface area contributed by atoms with Gasteiger partial charge in [-0.3, -0.25) is 9.59 Å². The minimum absolute atomic E-state index is 0.0308. The summed E-state index contributed by atoms with van der Waals surface area (Å²) in [5.74, 6) is -0.826. The molecule has 3 aromatic rings. The van der Waals surface area contributed by atoms with Crippen molar-refractivity contribution >= 4 is 38.4 Å². The minimum Gasteiger partial charge on any atom is -0.360 e. The Morgan fingerprint density at radius 3 is 2.53 bits per heavy atom. The van der Waals surface area contributed by atoms with Crippen LogP contribution in [0.15, 0.2) is 45.9 Å². The van der Waals surface area contributed by atoms with E-state index < -0.39 is 21.5 Å². The largest absolute Gasteiger partial charge is 0.360 e. The van der Waals surface area contributed by atoms with Gasteiger partial charge in [0.05, 0.1) is 4.90 Å². The number of anilines is 1. The Bertz CT molecular complexity index is 1240. The lowest BCUT2D eigenvalue weighted by Gasteiger charge is -2.20. The number of likely N-dealkylation sites (tertiary alicyclic amines) is 1. The summed E-state index contributed by atoms with van der Waals surface area (Å²) in [6.07, 6.45) is 5.67. The molecule has 0 unspecified atom stereocenters. The van der Waals surface area contributed by atoms with Gasteiger partial charge in [-0.05, 0) is 25.8 Å². The second-order valence-corrected chi connectivity index (χ2v) is 10.0. The summed E-state index contributed by atoms with van der Waals surface area (Å²) in [7, 11) is -3.96. The van der Waals surface area contributed by atoms with E-state index in [0.29, 0.717) is 16.7 Å². The van der Waals surface area contributed by atoms with Gasteiger partial charge in [0.1, 0.15) is 18.1 Å². The summed E-state index contributed by atoms with van der Waals surface area (Å²) in [5, 5.41) is 6.57. The van der Waals surface area contributed by atoms with Crippen LogP contribution in [0.3, 0.4) is 0 Å². The molecular formula is C22H26N4O5S. The third kappa shape index (κ3) is 4.85. The Morgan fingerprint density at radius 1 is 1.12 bits per heavy atom. The molecule has 2 aromatic heterocycles. The first-order valence-corrected chi connectivity index (χ1v) is 12.3. The number of benzene rings is 1. The van der Waals surface area contributed by atoms with Crippen molar-refractivity contribution in [2.75, 3.05) is 24.2 Å². The summed E-state index contributed by atoms with van der Waals surface area (Å²) in [6.45, 7) is 3.18. The van der Waals surface area contributed by atoms with Gasteiger partial charge in [0.15, 0.2) is 15.7 Å². The molecule has 0 spiro atoms. The van der Waals surface area contributed by atoms with Crippen molar-refractivity contribution in [1.82, 2.24) is 14.6 Å². The zero-order valence-corrected chi connectivity index (χ0v) is 18.7. The minimum atomic E-state index is -3.96. The molecule has 9 nitrogen and oxygen atoms in total. The number of para-hydroxylation sites is 1. The number of aromatic nitrogens is 2. The third-order valence-corrected chi connectivity index (χ3v) is 7.21. The molecule has 0 atom stereocenters. The van der Waals surface area contributed by atoms with E-state index in [4.69, 9.17) is 4.52 Å². The monoisotopic (exact) mass is 458 g/mol. The molecule has 1 aromatic carbocycles. The molecule has 2 amide bonds. The van der Waals surface area contributed by atoms with E-state index in [1.807, 2.05) is 4.90 Å². The van der Waals surface area contributed by atoms with Crippen LogP contribution in [0.25, 0.3) is 10.9 Å². The Hall–Kier alpha value is -3.14. The topological polar surface area (TPSA) is 115 Å². The second kappa shape index (κ2) is 9.15. The smallest absolute Gasteiger partial charge is 0.242 e. The predicted molar refractivity (Wildman–Crippen MR) is 119 cm³/mol. The van der Waals surface area contributed by atoms with E-state index in [2.05, 4.69) is 10.5 Å². The molecule has 3 heterocycles. The van der Waals surface area contributed by atoms with Crippen LogP contribution in [0.5, 0.6) is 0 Å². The molecule has 0 saturated carbocycles. The van der Waals surface area contributed by atoms with Crippen molar-refractivity contribution in [2.24, 2.45) is 0 Å². The van der Waals surface area contributed by atoms with E-state index in [1.165, 1.54) is 12.3 Å². The second-order valence-electron chi connectivity index (χ2n) is 8.06. The number of hydrogen-bond acceptors (Lipinski definition) is 6. The van der Waals surface area contributed by atoms with Crippen LogP contribution < -0.4 is 5.32 Å². The molecule has 170 valence electrons. The van der Waals surface area contributed by atoms with Gasteiger partial charge in [0.2, 0.25) is 11.8 Å². The highest BCUT2D eigenvalue weighted by Gasteiger charge is 2.26. The number of carbonyl (C=O) groups excluding carboxylic acids is 2. The number of aryl methyl sites for hydroxylation is 1. The zero-order chi connectivity index (χ0) is 22.7. The lowest BCUT2D eigenvalue weighted by atomic mass is 10.2. The Balaban J connectivity index is 1.57. The molecule has 0 bridgehead atoms. The van der Waals surface area contributed by atoms with Crippen molar-refractivity contribution in [3.05, 3.63) is 42.3 Å². The molecule has 1 aliphatic heterocycles. The van der Waals surface area contributed by atoms with Crippen molar-refractivity contribution in [3.8, 4) is 0 Å². The predicted octanol–water partition coefficient (Wildman–Crippen LogP) is 2.75. The van der Waals surface area contributed by atoms with Gasteiger partial charge in [-0.1, -0.05) is 36.2 Å². The quantitative estimate of drug-likeness (QED) is 0.607. The van der Waals surface area contributed by atoms with Gasteiger partial charge in [-0.25, -0.2) is 8.42 Å². The van der Waals surface area contributed by atoms with E-state index >= 15 is 0 Å². The molecule has 1 saturated heterocycles. The van der Waals surface area contributed by atoms with Crippen LogP contribution >= 0.6 is 0 Å². The fraction of sp³-hybridized carbons (Fsp3) is 0.409. The van der Waals surface area contributed by atoms with E-state index in [-0.39, 0.29) is 23.2 Å². The first-order chi connectivity index (χ1) is 15.3. The fourth-order valence-electron chi connectivity index (χ4n) is 4.01. The Labute approximate surface area is 186 Å².